The van der Waals surface area contributed by atoms with Crippen molar-refractivity contribution in [1.82, 2.24) is 9.88 Å². The third-order valence-corrected chi connectivity index (χ3v) is 8.66. The van der Waals surface area contributed by atoms with Crippen molar-refractivity contribution in [2.24, 2.45) is 11.8 Å². The first-order valence-corrected chi connectivity index (χ1v) is 13.2. The van der Waals surface area contributed by atoms with E-state index >= 15 is 0 Å². The Labute approximate surface area is 224 Å². The van der Waals surface area contributed by atoms with Crippen LogP contribution in [0, 0.1) is 11.8 Å². The predicted octanol–water partition coefficient (Wildman–Crippen LogP) is -0.706. The second-order valence-electron chi connectivity index (χ2n) is 10.7. The normalized spacial score (nSPS) is 38.6. The molecule has 10 atom stereocenters. The fraction of sp³-hybridized carbons (Fsp3) is 0.593. The van der Waals surface area contributed by atoms with Gasteiger partial charge in [-0.2, -0.15) is 0 Å². The van der Waals surface area contributed by atoms with Crippen molar-refractivity contribution < 1.29 is 49.3 Å². The minimum atomic E-state index is -1.64. The van der Waals surface area contributed by atoms with Gasteiger partial charge in [-0.1, -0.05) is 18.2 Å². The highest BCUT2D eigenvalue weighted by Gasteiger charge is 2.52. The largest absolute Gasteiger partial charge is 0.471 e. The smallest absolute Gasteiger partial charge is 0.337 e. The summed E-state index contributed by atoms with van der Waals surface area (Å²) in [5, 5.41) is 53.1. The van der Waals surface area contributed by atoms with Crippen molar-refractivity contribution in [2.75, 3.05) is 26.8 Å². The van der Waals surface area contributed by atoms with E-state index in [0.29, 0.717) is 13.0 Å². The van der Waals surface area contributed by atoms with Crippen LogP contribution in [0.5, 0.6) is 0 Å². The van der Waals surface area contributed by atoms with Gasteiger partial charge in [-0.25, -0.2) is 4.79 Å². The van der Waals surface area contributed by atoms with Gasteiger partial charge in [0.05, 0.1) is 43.6 Å². The number of hydrogen-bond donors (Lipinski definition) is 6. The number of esters is 1. The molecule has 0 amide bonds. The van der Waals surface area contributed by atoms with Crippen LogP contribution in [-0.4, -0.2) is 111 Å². The van der Waals surface area contributed by atoms with Crippen molar-refractivity contribution in [1.29, 1.82) is 0 Å². The summed E-state index contributed by atoms with van der Waals surface area (Å²) in [6.45, 7) is 0.389. The number of ether oxygens (including phenoxy) is 4. The maximum atomic E-state index is 12.8. The molecule has 2 saturated heterocycles. The topological polar surface area (TPSA) is 174 Å². The molecule has 0 saturated carbocycles. The van der Waals surface area contributed by atoms with Crippen LogP contribution in [0.3, 0.4) is 0 Å². The Balaban J connectivity index is 1.34. The van der Waals surface area contributed by atoms with Crippen LogP contribution in [0.1, 0.15) is 23.7 Å². The number of aliphatic hydroxyl groups excluding tert-OH is 5. The van der Waals surface area contributed by atoms with Gasteiger partial charge in [-0.15, -0.1) is 0 Å². The maximum absolute atomic E-state index is 12.8. The number of para-hydroxylation sites is 1. The molecule has 39 heavy (non-hydrogen) atoms. The predicted molar refractivity (Wildman–Crippen MR) is 134 cm³/mol. The summed E-state index contributed by atoms with van der Waals surface area (Å²) in [5.41, 5.74) is 3.58. The van der Waals surface area contributed by atoms with E-state index in [-0.39, 0.29) is 18.2 Å². The third kappa shape index (κ3) is 4.45. The molecule has 2 aromatic rings. The van der Waals surface area contributed by atoms with Crippen molar-refractivity contribution >= 4 is 16.9 Å². The molecule has 6 N–H and O–H groups in total. The Bertz CT molecular complexity index is 1250. The van der Waals surface area contributed by atoms with Crippen molar-refractivity contribution in [3.8, 4) is 0 Å². The average Bonchev–Trinajstić information content (AvgIpc) is 3.25. The molecule has 5 heterocycles. The number of carbonyl (C=O) groups is 1. The molecule has 2 fully saturated rings. The van der Waals surface area contributed by atoms with Crippen LogP contribution in [0.2, 0.25) is 0 Å². The van der Waals surface area contributed by atoms with E-state index in [2.05, 4.69) is 16.0 Å². The Hall–Kier alpha value is -2.55. The maximum Gasteiger partial charge on any atom is 0.337 e. The van der Waals surface area contributed by atoms with Crippen molar-refractivity contribution in [3.05, 3.63) is 47.4 Å². The van der Waals surface area contributed by atoms with E-state index in [1.54, 1.807) is 0 Å². The van der Waals surface area contributed by atoms with Crippen LogP contribution >= 0.6 is 0 Å². The molecule has 0 radical (unpaired) electrons. The minimum absolute atomic E-state index is 0.120. The molecular weight excluding hydrogens is 512 g/mol. The summed E-state index contributed by atoms with van der Waals surface area (Å²) in [5.74, 6) is -1.87. The molecule has 6 rings (SSSR count). The number of benzene rings is 1. The fourth-order valence-electron chi connectivity index (χ4n) is 6.66. The molecule has 0 aliphatic carbocycles. The highest BCUT2D eigenvalue weighted by atomic mass is 16.8. The van der Waals surface area contributed by atoms with Crippen molar-refractivity contribution in [2.45, 2.75) is 62.0 Å². The van der Waals surface area contributed by atoms with E-state index in [4.69, 9.17) is 18.9 Å². The van der Waals surface area contributed by atoms with Gasteiger partial charge in [0.1, 0.15) is 24.4 Å². The number of rotatable bonds is 4. The van der Waals surface area contributed by atoms with Crippen LogP contribution < -0.4 is 0 Å². The Morgan fingerprint density at radius 1 is 1.13 bits per heavy atom. The lowest BCUT2D eigenvalue weighted by Crippen LogP contribution is -2.60. The van der Waals surface area contributed by atoms with Crippen LogP contribution in [-0.2, 0) is 30.2 Å². The summed E-state index contributed by atoms with van der Waals surface area (Å²) >= 11 is 0. The van der Waals surface area contributed by atoms with E-state index < -0.39 is 67.5 Å². The monoisotopic (exact) mass is 546 g/mol. The molecule has 0 bridgehead atoms. The lowest BCUT2D eigenvalue weighted by Gasteiger charge is -2.44. The van der Waals surface area contributed by atoms with Gasteiger partial charge in [0, 0.05) is 35.6 Å². The highest BCUT2D eigenvalue weighted by Crippen LogP contribution is 2.47. The molecule has 1 aromatic carbocycles. The van der Waals surface area contributed by atoms with Crippen LogP contribution in [0.15, 0.2) is 36.1 Å². The zero-order valence-electron chi connectivity index (χ0n) is 21.4. The first-order chi connectivity index (χ1) is 18.8. The first kappa shape index (κ1) is 26.7. The number of H-pyrrole nitrogens is 1. The molecule has 1 aromatic heterocycles. The van der Waals surface area contributed by atoms with E-state index in [1.807, 2.05) is 18.2 Å². The zero-order valence-corrected chi connectivity index (χ0v) is 21.4. The zero-order chi connectivity index (χ0) is 27.4. The third-order valence-electron chi connectivity index (χ3n) is 8.66. The number of fused-ring (bicyclic) bond motifs is 6. The molecular formula is C27H34N2O10. The first-order valence-electron chi connectivity index (χ1n) is 13.2. The number of methoxy groups -OCH3 is 1. The summed E-state index contributed by atoms with van der Waals surface area (Å²) in [4.78, 5) is 18.6. The lowest BCUT2D eigenvalue weighted by molar-refractivity contribution is -0.345. The Morgan fingerprint density at radius 3 is 2.69 bits per heavy atom. The van der Waals surface area contributed by atoms with Gasteiger partial charge in [0.15, 0.2) is 6.29 Å². The summed E-state index contributed by atoms with van der Waals surface area (Å²) in [6, 6.07) is 7.99. The van der Waals surface area contributed by atoms with Gasteiger partial charge < -0.3 is 49.5 Å². The van der Waals surface area contributed by atoms with Gasteiger partial charge in [-0.05, 0) is 24.5 Å². The standard InChI is InChI=1S/C27H34N2O10/c1-36-25(35)15-11-37-26(39-27-24(34)23(33)22(32)19(10-30)38-27)20-14(15)8-17-21-13(6-7-29(17)9-18(20)31)12-4-2-3-5-16(12)28-21/h2-5,11,14,17-20,22-24,26-28,30-34H,6-10H2,1H3. The fourth-order valence-corrected chi connectivity index (χ4v) is 6.66. The van der Waals surface area contributed by atoms with Crippen molar-refractivity contribution in [3.63, 3.8) is 0 Å². The lowest BCUT2D eigenvalue weighted by atomic mass is 9.77. The molecule has 4 aliphatic rings. The molecule has 212 valence electrons. The quantitative estimate of drug-likeness (QED) is 0.268. The van der Waals surface area contributed by atoms with Gasteiger partial charge in [0.25, 0.3) is 0 Å². The van der Waals surface area contributed by atoms with E-state index in [1.165, 1.54) is 18.9 Å². The molecule has 12 heteroatoms. The number of aromatic amines is 1. The highest BCUT2D eigenvalue weighted by molar-refractivity contribution is 5.89. The average molecular weight is 547 g/mol. The van der Waals surface area contributed by atoms with Crippen LogP contribution in [0.25, 0.3) is 10.9 Å². The number of nitrogens with one attached hydrogen (secondary N) is 1. The molecule has 4 aliphatic heterocycles. The molecule has 12 nitrogen and oxygen atoms in total. The Kier molecular flexibility index (Phi) is 7.14. The van der Waals surface area contributed by atoms with E-state index in [0.717, 1.165) is 23.0 Å². The van der Waals surface area contributed by atoms with Gasteiger partial charge in [-0.3, -0.25) is 4.90 Å². The number of carbonyl (C=O) groups excluding carboxylic acids is 1. The minimum Gasteiger partial charge on any atom is -0.471 e. The summed E-state index contributed by atoms with van der Waals surface area (Å²) in [6.07, 6.45) is -7.06. The number of nitrogens with zero attached hydrogens (tertiary/aromatic N) is 1. The van der Waals surface area contributed by atoms with Gasteiger partial charge >= 0.3 is 5.97 Å². The van der Waals surface area contributed by atoms with Crippen LogP contribution in [0.4, 0.5) is 0 Å². The summed E-state index contributed by atoms with van der Waals surface area (Å²) in [7, 11) is 1.28. The summed E-state index contributed by atoms with van der Waals surface area (Å²) < 4.78 is 22.3. The van der Waals surface area contributed by atoms with E-state index in [9.17, 15) is 30.3 Å². The molecule has 10 unspecified atom stereocenters. The SMILES string of the molecule is COC(=O)C1=COC(OC2OC(CO)C(O)C(O)C2O)C2C(O)CN3CCc4c([nH]c5ccccc45)C3CC12. The second-order valence-corrected chi connectivity index (χ2v) is 10.7. The van der Waals surface area contributed by atoms with Gasteiger partial charge in [0.2, 0.25) is 6.29 Å². The number of aliphatic hydroxyl groups is 5. The second kappa shape index (κ2) is 10.5. The Morgan fingerprint density at radius 2 is 1.92 bits per heavy atom. The molecule has 0 spiro atoms. The number of hydrogen-bond acceptors (Lipinski definition) is 11. The number of aromatic nitrogens is 1.